The maximum Gasteiger partial charge on any atom is 0.336 e. The Morgan fingerprint density at radius 1 is 1.17 bits per heavy atom. The molecule has 0 amide bonds. The number of fused-ring (bicyclic) bond motifs is 1. The van der Waals surface area contributed by atoms with E-state index < -0.39 is 5.63 Å². The van der Waals surface area contributed by atoms with Crippen molar-refractivity contribution in [1.29, 1.82) is 0 Å². The van der Waals surface area contributed by atoms with E-state index in [2.05, 4.69) is 35.3 Å². The molecule has 0 aliphatic carbocycles. The zero-order valence-corrected chi connectivity index (χ0v) is 16.8. The minimum atomic E-state index is -0.391. The zero-order chi connectivity index (χ0) is 20.5. The van der Waals surface area contributed by atoms with Gasteiger partial charge in [0.1, 0.15) is 11.3 Å². The molecular weight excluding hydrogens is 368 g/mol. The van der Waals surface area contributed by atoms with Gasteiger partial charge in [0, 0.05) is 17.0 Å². The molecule has 0 atom stereocenters. The van der Waals surface area contributed by atoms with Crippen molar-refractivity contribution < 1.29 is 9.15 Å². The number of nitrogens with zero attached hydrogens (tertiary/aromatic N) is 4. The van der Waals surface area contributed by atoms with E-state index in [0.717, 1.165) is 27.8 Å². The number of hydrogen-bond acceptors (Lipinski definition) is 6. The second-order valence-electron chi connectivity index (χ2n) is 7.33. The third-order valence-electron chi connectivity index (χ3n) is 4.93. The van der Waals surface area contributed by atoms with E-state index in [-0.39, 0.29) is 0 Å². The molecule has 0 radical (unpaired) electrons. The smallest absolute Gasteiger partial charge is 0.336 e. The number of hydrogen-bond donors (Lipinski definition) is 0. The van der Waals surface area contributed by atoms with Crippen LogP contribution in [-0.4, -0.2) is 27.3 Å². The lowest BCUT2D eigenvalue weighted by molar-refractivity contribution is 0.415. The fourth-order valence-corrected chi connectivity index (χ4v) is 3.48. The summed E-state index contributed by atoms with van der Waals surface area (Å²) in [6, 6.07) is 13.0. The van der Waals surface area contributed by atoms with Crippen LogP contribution in [0.1, 0.15) is 36.5 Å². The first-order chi connectivity index (χ1) is 13.9. The highest BCUT2D eigenvalue weighted by Gasteiger charge is 2.13. The van der Waals surface area contributed by atoms with Gasteiger partial charge in [-0.25, -0.2) is 4.79 Å². The molecule has 0 saturated carbocycles. The number of rotatable bonds is 5. The van der Waals surface area contributed by atoms with Crippen molar-refractivity contribution in [1.82, 2.24) is 20.2 Å². The van der Waals surface area contributed by atoms with Crippen molar-refractivity contribution >= 4 is 11.0 Å². The molecule has 29 heavy (non-hydrogen) atoms. The van der Waals surface area contributed by atoms with E-state index in [4.69, 9.17) is 9.15 Å². The third kappa shape index (κ3) is 3.76. The largest absolute Gasteiger partial charge is 0.497 e. The summed E-state index contributed by atoms with van der Waals surface area (Å²) >= 11 is 0. The topological polar surface area (TPSA) is 83.0 Å². The van der Waals surface area contributed by atoms with Gasteiger partial charge in [0.05, 0.1) is 13.7 Å². The Morgan fingerprint density at radius 3 is 2.76 bits per heavy atom. The molecule has 0 saturated heterocycles. The fourth-order valence-electron chi connectivity index (χ4n) is 3.48. The molecule has 0 aliphatic heterocycles. The van der Waals surface area contributed by atoms with Gasteiger partial charge in [-0.2, -0.15) is 4.80 Å². The Morgan fingerprint density at radius 2 is 2.00 bits per heavy atom. The summed E-state index contributed by atoms with van der Waals surface area (Å²) < 4.78 is 10.7. The van der Waals surface area contributed by atoms with Gasteiger partial charge in [-0.05, 0) is 59.0 Å². The van der Waals surface area contributed by atoms with Crippen LogP contribution >= 0.6 is 0 Å². The maximum atomic E-state index is 12.1. The quantitative estimate of drug-likeness (QED) is 0.480. The molecule has 0 fully saturated rings. The monoisotopic (exact) mass is 390 g/mol. The normalized spacial score (nSPS) is 11.3. The molecule has 148 valence electrons. The van der Waals surface area contributed by atoms with E-state index in [1.54, 1.807) is 7.11 Å². The lowest BCUT2D eigenvalue weighted by atomic mass is 9.95. The standard InChI is InChI=1S/C22H22N4O3/c1-13(2)18-11-19-16(10-21(27)29-20(19)8-14(18)3)12-26-24-22(23-25-26)15-6-5-7-17(9-15)28-4/h5-11,13H,12H2,1-4H3. The van der Waals surface area contributed by atoms with Crippen LogP contribution in [0, 0.1) is 6.92 Å². The Bertz CT molecular complexity index is 1240. The molecule has 0 unspecified atom stereocenters. The number of tetrazole rings is 1. The minimum Gasteiger partial charge on any atom is -0.497 e. The first-order valence-corrected chi connectivity index (χ1v) is 9.44. The van der Waals surface area contributed by atoms with E-state index in [9.17, 15) is 4.79 Å². The second-order valence-corrected chi connectivity index (χ2v) is 7.33. The van der Waals surface area contributed by atoms with E-state index >= 15 is 0 Å². The van der Waals surface area contributed by atoms with Crippen LogP contribution in [0.25, 0.3) is 22.4 Å². The average molecular weight is 390 g/mol. The van der Waals surface area contributed by atoms with Crippen LogP contribution in [-0.2, 0) is 6.54 Å². The van der Waals surface area contributed by atoms with Gasteiger partial charge in [-0.3, -0.25) is 0 Å². The predicted molar refractivity (Wildman–Crippen MR) is 110 cm³/mol. The minimum absolute atomic E-state index is 0.319. The summed E-state index contributed by atoms with van der Waals surface area (Å²) in [5.74, 6) is 1.58. The van der Waals surface area contributed by atoms with Crippen molar-refractivity contribution in [3.05, 3.63) is 69.6 Å². The van der Waals surface area contributed by atoms with Crippen LogP contribution in [0.2, 0.25) is 0 Å². The summed E-state index contributed by atoms with van der Waals surface area (Å²) in [6.07, 6.45) is 0. The van der Waals surface area contributed by atoms with Gasteiger partial charge in [0.15, 0.2) is 0 Å². The summed E-state index contributed by atoms with van der Waals surface area (Å²) in [5, 5.41) is 13.7. The van der Waals surface area contributed by atoms with Crippen LogP contribution in [0.3, 0.4) is 0 Å². The molecule has 2 aromatic carbocycles. The predicted octanol–water partition coefficient (Wildman–Crippen LogP) is 3.94. The second kappa shape index (κ2) is 7.50. The highest BCUT2D eigenvalue weighted by molar-refractivity contribution is 5.82. The molecular formula is C22H22N4O3. The summed E-state index contributed by atoms with van der Waals surface area (Å²) in [4.78, 5) is 13.6. The highest BCUT2D eigenvalue weighted by atomic mass is 16.5. The van der Waals surface area contributed by atoms with Gasteiger partial charge in [0.2, 0.25) is 5.82 Å². The van der Waals surface area contributed by atoms with Gasteiger partial charge in [0.25, 0.3) is 0 Å². The first kappa shape index (κ1) is 18.9. The zero-order valence-electron chi connectivity index (χ0n) is 16.8. The maximum absolute atomic E-state index is 12.1. The molecule has 4 aromatic rings. The molecule has 7 heteroatoms. The summed E-state index contributed by atoms with van der Waals surface area (Å²) in [5.41, 5.74) is 4.11. The fraction of sp³-hybridized carbons (Fsp3) is 0.273. The van der Waals surface area contributed by atoms with Crippen LogP contribution in [0.4, 0.5) is 0 Å². The van der Waals surface area contributed by atoms with Crippen molar-refractivity contribution in [3.8, 4) is 17.1 Å². The first-order valence-electron chi connectivity index (χ1n) is 9.44. The SMILES string of the molecule is COc1cccc(-c2nnn(Cc3cc(=O)oc4cc(C)c(C(C)C)cc34)n2)c1. The van der Waals surface area contributed by atoms with E-state index in [1.807, 2.05) is 37.3 Å². The molecule has 2 aromatic heterocycles. The molecule has 7 nitrogen and oxygen atoms in total. The number of aromatic nitrogens is 4. The Labute approximate surface area is 167 Å². The Hall–Kier alpha value is -3.48. The molecule has 2 heterocycles. The van der Waals surface area contributed by atoms with Crippen molar-refractivity contribution in [2.45, 2.75) is 33.2 Å². The summed E-state index contributed by atoms with van der Waals surface area (Å²) in [6.45, 7) is 6.64. The van der Waals surface area contributed by atoms with Crippen LogP contribution in [0.15, 0.2) is 51.7 Å². The lowest BCUT2D eigenvalue weighted by Gasteiger charge is -2.12. The highest BCUT2D eigenvalue weighted by Crippen LogP contribution is 2.27. The lowest BCUT2D eigenvalue weighted by Crippen LogP contribution is -2.09. The van der Waals surface area contributed by atoms with Crippen LogP contribution in [0.5, 0.6) is 5.75 Å². The van der Waals surface area contributed by atoms with Crippen molar-refractivity contribution in [2.75, 3.05) is 7.11 Å². The summed E-state index contributed by atoms with van der Waals surface area (Å²) in [7, 11) is 1.61. The van der Waals surface area contributed by atoms with E-state index in [0.29, 0.717) is 23.9 Å². The third-order valence-corrected chi connectivity index (χ3v) is 4.93. The number of benzene rings is 2. The van der Waals surface area contributed by atoms with Gasteiger partial charge in [-0.15, -0.1) is 10.2 Å². The number of methoxy groups -OCH3 is 1. The molecule has 0 aliphatic rings. The number of aryl methyl sites for hydroxylation is 1. The van der Waals surface area contributed by atoms with E-state index in [1.165, 1.54) is 16.4 Å². The van der Waals surface area contributed by atoms with Crippen LogP contribution < -0.4 is 10.4 Å². The molecule has 0 bridgehead atoms. The Balaban J connectivity index is 1.73. The molecule has 0 spiro atoms. The molecule has 0 N–H and O–H groups in total. The van der Waals surface area contributed by atoms with Gasteiger partial charge < -0.3 is 9.15 Å². The van der Waals surface area contributed by atoms with Crippen molar-refractivity contribution in [3.63, 3.8) is 0 Å². The molecule has 4 rings (SSSR count). The van der Waals surface area contributed by atoms with Gasteiger partial charge >= 0.3 is 5.63 Å². The Kier molecular flexibility index (Phi) is 4.88. The van der Waals surface area contributed by atoms with Gasteiger partial charge in [-0.1, -0.05) is 26.0 Å². The van der Waals surface area contributed by atoms with Crippen molar-refractivity contribution in [2.24, 2.45) is 0 Å². The number of ether oxygens (including phenoxy) is 1. The average Bonchev–Trinajstić information content (AvgIpc) is 3.15.